The van der Waals surface area contributed by atoms with Gasteiger partial charge in [0, 0.05) is 12.6 Å². The van der Waals surface area contributed by atoms with Crippen molar-refractivity contribution in [1.82, 2.24) is 4.90 Å². The van der Waals surface area contributed by atoms with Crippen molar-refractivity contribution < 1.29 is 4.74 Å². The molecule has 0 saturated carbocycles. The van der Waals surface area contributed by atoms with E-state index >= 15 is 0 Å². The van der Waals surface area contributed by atoms with Gasteiger partial charge < -0.3 is 15.4 Å². The molecule has 0 radical (unpaired) electrons. The lowest BCUT2D eigenvalue weighted by molar-refractivity contribution is -0.0440. The molecule has 1 saturated heterocycles. The molecular weight excluding hydrogens is 190 g/mol. The van der Waals surface area contributed by atoms with E-state index < -0.39 is 0 Å². The maximum Gasteiger partial charge on any atom is 0.192 e. The minimum Gasteiger partial charge on any atom is -0.378 e. The number of aliphatic imine (C=N–C) groups is 1. The summed E-state index contributed by atoms with van der Waals surface area (Å²) in [7, 11) is 0. The van der Waals surface area contributed by atoms with Crippen LogP contribution in [-0.4, -0.2) is 41.7 Å². The van der Waals surface area contributed by atoms with Crippen LogP contribution in [0.25, 0.3) is 0 Å². The van der Waals surface area contributed by atoms with Crippen LogP contribution in [0.3, 0.4) is 0 Å². The normalized spacial score (nSPS) is 36.4. The fraction of sp³-hybridized carbons (Fsp3) is 0.909. The minimum absolute atomic E-state index is 0.135. The molecule has 0 aromatic heterocycles. The summed E-state index contributed by atoms with van der Waals surface area (Å²) >= 11 is 0. The van der Waals surface area contributed by atoms with Crippen LogP contribution in [-0.2, 0) is 4.74 Å². The maximum absolute atomic E-state index is 5.97. The summed E-state index contributed by atoms with van der Waals surface area (Å²) in [5.41, 5.74) is 6.10. The molecule has 0 aromatic rings. The third-order valence-corrected chi connectivity index (χ3v) is 3.45. The highest BCUT2D eigenvalue weighted by atomic mass is 16.5. The average Bonchev–Trinajstić information content (AvgIpc) is 2.43. The van der Waals surface area contributed by atoms with E-state index in [-0.39, 0.29) is 5.54 Å². The Morgan fingerprint density at radius 1 is 1.60 bits per heavy atom. The van der Waals surface area contributed by atoms with Crippen molar-refractivity contribution in [3.8, 4) is 0 Å². The summed E-state index contributed by atoms with van der Waals surface area (Å²) in [4.78, 5) is 6.70. The zero-order valence-corrected chi connectivity index (χ0v) is 9.86. The molecule has 2 N–H and O–H groups in total. The summed E-state index contributed by atoms with van der Waals surface area (Å²) in [6, 6.07) is 0.418. The Labute approximate surface area is 91.5 Å². The monoisotopic (exact) mass is 211 g/mol. The first-order valence-electron chi connectivity index (χ1n) is 5.76. The Balaban J connectivity index is 2.21. The van der Waals surface area contributed by atoms with Crippen molar-refractivity contribution in [2.24, 2.45) is 10.7 Å². The van der Waals surface area contributed by atoms with Crippen LogP contribution in [0.1, 0.15) is 33.6 Å². The second-order valence-electron chi connectivity index (χ2n) is 5.00. The Hall–Kier alpha value is -0.770. The summed E-state index contributed by atoms with van der Waals surface area (Å²) in [5, 5.41) is 0. The van der Waals surface area contributed by atoms with Gasteiger partial charge in [-0.25, -0.2) is 0 Å². The van der Waals surface area contributed by atoms with Gasteiger partial charge in [-0.15, -0.1) is 0 Å². The van der Waals surface area contributed by atoms with Gasteiger partial charge in [-0.1, -0.05) is 0 Å². The third-order valence-electron chi connectivity index (χ3n) is 3.45. The number of nitrogens with two attached hydrogens (primary N) is 1. The molecule has 0 aromatic carbocycles. The molecule has 4 nitrogen and oxygen atoms in total. The Morgan fingerprint density at radius 2 is 2.33 bits per heavy atom. The van der Waals surface area contributed by atoms with E-state index in [1.54, 1.807) is 0 Å². The number of hydrogen-bond donors (Lipinski definition) is 1. The van der Waals surface area contributed by atoms with Crippen molar-refractivity contribution >= 4 is 5.96 Å². The fourth-order valence-electron chi connectivity index (χ4n) is 2.94. The molecule has 2 rings (SSSR count). The van der Waals surface area contributed by atoms with Gasteiger partial charge in [0.15, 0.2) is 5.96 Å². The highest BCUT2D eigenvalue weighted by Gasteiger charge is 2.46. The SMILES string of the molecule is CC1CC2(CCO1)CN=C(N)N2C(C)C. The predicted octanol–water partition coefficient (Wildman–Crippen LogP) is 0.963. The van der Waals surface area contributed by atoms with E-state index in [0.717, 1.165) is 26.0 Å². The highest BCUT2D eigenvalue weighted by Crippen LogP contribution is 2.35. The smallest absolute Gasteiger partial charge is 0.192 e. The first kappa shape index (κ1) is 10.7. The predicted molar refractivity (Wildman–Crippen MR) is 60.8 cm³/mol. The fourth-order valence-corrected chi connectivity index (χ4v) is 2.94. The average molecular weight is 211 g/mol. The molecule has 1 spiro atoms. The van der Waals surface area contributed by atoms with Gasteiger partial charge in [-0.3, -0.25) is 4.99 Å². The van der Waals surface area contributed by atoms with Gasteiger partial charge in [0.05, 0.1) is 18.2 Å². The first-order chi connectivity index (χ1) is 7.05. The molecule has 2 atom stereocenters. The van der Waals surface area contributed by atoms with Crippen LogP contribution in [0.4, 0.5) is 0 Å². The molecule has 2 aliphatic rings. The van der Waals surface area contributed by atoms with E-state index in [0.29, 0.717) is 18.1 Å². The molecule has 0 amide bonds. The standard InChI is InChI=1S/C11H21N3O/c1-8(2)14-10(12)13-7-11(14)4-5-15-9(3)6-11/h8-9H,4-7H2,1-3H3,(H2,12,13). The van der Waals surface area contributed by atoms with Crippen LogP contribution >= 0.6 is 0 Å². The van der Waals surface area contributed by atoms with Gasteiger partial charge in [0.2, 0.25) is 0 Å². The molecular formula is C11H21N3O. The van der Waals surface area contributed by atoms with Gasteiger partial charge in [0.1, 0.15) is 0 Å². The lowest BCUT2D eigenvalue weighted by Crippen LogP contribution is -2.58. The Kier molecular flexibility index (Phi) is 2.63. The summed E-state index contributed by atoms with van der Waals surface area (Å²) in [5.74, 6) is 0.708. The zero-order valence-electron chi connectivity index (χ0n) is 9.86. The molecule has 0 aliphatic carbocycles. The van der Waals surface area contributed by atoms with Crippen molar-refractivity contribution in [3.05, 3.63) is 0 Å². The van der Waals surface area contributed by atoms with Crippen molar-refractivity contribution in [3.63, 3.8) is 0 Å². The van der Waals surface area contributed by atoms with Crippen LogP contribution in [0.2, 0.25) is 0 Å². The van der Waals surface area contributed by atoms with Crippen LogP contribution in [0.15, 0.2) is 4.99 Å². The number of rotatable bonds is 1. The Morgan fingerprint density at radius 3 is 2.93 bits per heavy atom. The lowest BCUT2D eigenvalue weighted by atomic mass is 9.85. The lowest BCUT2D eigenvalue weighted by Gasteiger charge is -2.46. The summed E-state index contributed by atoms with van der Waals surface area (Å²) in [6.45, 7) is 8.15. The highest BCUT2D eigenvalue weighted by molar-refractivity contribution is 5.81. The molecule has 0 bridgehead atoms. The van der Waals surface area contributed by atoms with E-state index in [2.05, 4.69) is 30.7 Å². The minimum atomic E-state index is 0.135. The summed E-state index contributed by atoms with van der Waals surface area (Å²) in [6.07, 6.45) is 2.40. The van der Waals surface area contributed by atoms with Gasteiger partial charge in [0.25, 0.3) is 0 Å². The van der Waals surface area contributed by atoms with E-state index in [1.807, 2.05) is 0 Å². The Bertz CT molecular complexity index is 277. The third kappa shape index (κ3) is 1.71. The van der Waals surface area contributed by atoms with Gasteiger partial charge in [-0.05, 0) is 33.6 Å². The van der Waals surface area contributed by atoms with Crippen molar-refractivity contribution in [2.45, 2.75) is 51.3 Å². The topological polar surface area (TPSA) is 50.9 Å². The zero-order chi connectivity index (χ0) is 11.1. The summed E-state index contributed by atoms with van der Waals surface area (Å²) < 4.78 is 5.61. The maximum atomic E-state index is 5.97. The number of hydrogen-bond acceptors (Lipinski definition) is 4. The molecule has 2 unspecified atom stereocenters. The molecule has 1 fully saturated rings. The van der Waals surface area contributed by atoms with E-state index in [1.165, 1.54) is 0 Å². The van der Waals surface area contributed by atoms with Crippen LogP contribution in [0, 0.1) is 0 Å². The van der Waals surface area contributed by atoms with Crippen molar-refractivity contribution in [1.29, 1.82) is 0 Å². The van der Waals surface area contributed by atoms with E-state index in [4.69, 9.17) is 10.5 Å². The molecule has 4 heteroatoms. The van der Waals surface area contributed by atoms with Crippen LogP contribution in [0.5, 0.6) is 0 Å². The molecule has 86 valence electrons. The number of guanidine groups is 1. The second-order valence-corrected chi connectivity index (χ2v) is 5.00. The van der Waals surface area contributed by atoms with Gasteiger partial charge in [-0.2, -0.15) is 0 Å². The number of ether oxygens (including phenoxy) is 1. The van der Waals surface area contributed by atoms with Crippen molar-refractivity contribution in [2.75, 3.05) is 13.2 Å². The quantitative estimate of drug-likeness (QED) is 0.703. The van der Waals surface area contributed by atoms with Gasteiger partial charge >= 0.3 is 0 Å². The molecule has 2 heterocycles. The number of nitrogens with zero attached hydrogens (tertiary/aromatic N) is 2. The molecule has 2 aliphatic heterocycles. The second kappa shape index (κ2) is 3.67. The van der Waals surface area contributed by atoms with E-state index in [9.17, 15) is 0 Å². The first-order valence-corrected chi connectivity index (χ1v) is 5.76. The van der Waals surface area contributed by atoms with Crippen LogP contribution < -0.4 is 5.73 Å². The largest absolute Gasteiger partial charge is 0.378 e. The molecule has 15 heavy (non-hydrogen) atoms.